The third-order valence-electron chi connectivity index (χ3n) is 3.66. The first-order chi connectivity index (χ1) is 11.9. The van der Waals surface area contributed by atoms with E-state index in [2.05, 4.69) is 15.4 Å². The SMILES string of the molecule is Cc1cc(C)n(-c2ccc(NC(=O)c3ccc(C(N)=S)cc3)cn2)n1. The van der Waals surface area contributed by atoms with Crippen LogP contribution in [0.2, 0.25) is 0 Å². The minimum Gasteiger partial charge on any atom is -0.389 e. The van der Waals surface area contributed by atoms with E-state index in [0.717, 1.165) is 17.0 Å². The van der Waals surface area contributed by atoms with Gasteiger partial charge in [-0.05, 0) is 44.2 Å². The minimum absolute atomic E-state index is 0.227. The average molecular weight is 351 g/mol. The Morgan fingerprint density at radius 1 is 1.12 bits per heavy atom. The molecule has 0 saturated carbocycles. The first-order valence-electron chi connectivity index (χ1n) is 7.65. The number of aryl methyl sites for hydroxylation is 2. The zero-order valence-electron chi connectivity index (χ0n) is 13.9. The number of rotatable bonds is 4. The number of pyridine rings is 1. The molecule has 0 spiro atoms. The summed E-state index contributed by atoms with van der Waals surface area (Å²) in [4.78, 5) is 16.9. The van der Waals surface area contributed by atoms with Crippen molar-refractivity contribution in [2.75, 3.05) is 5.32 Å². The minimum atomic E-state index is -0.227. The molecule has 0 unspecified atom stereocenters. The number of hydrogen-bond acceptors (Lipinski definition) is 4. The predicted octanol–water partition coefficient (Wildman–Crippen LogP) is 2.77. The highest BCUT2D eigenvalue weighted by atomic mass is 32.1. The molecule has 3 aromatic rings. The number of nitrogens with zero attached hydrogens (tertiary/aromatic N) is 3. The van der Waals surface area contributed by atoms with Crippen molar-refractivity contribution in [1.29, 1.82) is 0 Å². The Kier molecular flexibility index (Phi) is 4.58. The van der Waals surface area contributed by atoms with Gasteiger partial charge in [-0.15, -0.1) is 0 Å². The Morgan fingerprint density at radius 2 is 1.80 bits per heavy atom. The van der Waals surface area contributed by atoms with Gasteiger partial charge in [0.25, 0.3) is 5.91 Å². The van der Waals surface area contributed by atoms with Crippen LogP contribution in [0.15, 0.2) is 48.7 Å². The van der Waals surface area contributed by atoms with Gasteiger partial charge in [0, 0.05) is 16.8 Å². The average Bonchev–Trinajstić information content (AvgIpc) is 2.94. The van der Waals surface area contributed by atoms with E-state index in [0.29, 0.717) is 22.1 Å². The van der Waals surface area contributed by atoms with Crippen molar-refractivity contribution in [3.8, 4) is 5.82 Å². The third-order valence-corrected chi connectivity index (χ3v) is 3.90. The van der Waals surface area contributed by atoms with E-state index < -0.39 is 0 Å². The van der Waals surface area contributed by atoms with Crippen molar-refractivity contribution in [3.05, 3.63) is 71.2 Å². The smallest absolute Gasteiger partial charge is 0.255 e. The van der Waals surface area contributed by atoms with Crippen LogP contribution < -0.4 is 11.1 Å². The van der Waals surface area contributed by atoms with Crippen molar-refractivity contribution >= 4 is 28.8 Å². The zero-order valence-corrected chi connectivity index (χ0v) is 14.7. The molecule has 0 saturated heterocycles. The van der Waals surface area contributed by atoms with Crippen molar-refractivity contribution in [2.24, 2.45) is 5.73 Å². The number of aromatic nitrogens is 3. The van der Waals surface area contributed by atoms with Gasteiger partial charge in [-0.2, -0.15) is 5.10 Å². The molecule has 0 bridgehead atoms. The van der Waals surface area contributed by atoms with E-state index >= 15 is 0 Å². The van der Waals surface area contributed by atoms with Crippen molar-refractivity contribution in [3.63, 3.8) is 0 Å². The second kappa shape index (κ2) is 6.82. The third kappa shape index (κ3) is 3.72. The first kappa shape index (κ1) is 16.8. The summed E-state index contributed by atoms with van der Waals surface area (Å²) in [5.41, 5.74) is 9.33. The molecule has 3 rings (SSSR count). The van der Waals surface area contributed by atoms with Gasteiger partial charge in [-0.25, -0.2) is 9.67 Å². The number of nitrogens with one attached hydrogen (secondary N) is 1. The standard InChI is InChI=1S/C18H17N5OS/c1-11-9-12(2)23(22-11)16-8-7-15(10-20-16)21-18(24)14-5-3-13(4-6-14)17(19)25/h3-10H,1-2H3,(H2,19,25)(H,21,24). The summed E-state index contributed by atoms with van der Waals surface area (Å²) < 4.78 is 1.76. The van der Waals surface area contributed by atoms with Crippen molar-refractivity contribution < 1.29 is 4.79 Å². The lowest BCUT2D eigenvalue weighted by molar-refractivity contribution is 0.102. The number of carbonyl (C=O) groups is 1. The molecule has 0 radical (unpaired) electrons. The van der Waals surface area contributed by atoms with E-state index in [1.54, 1.807) is 41.2 Å². The van der Waals surface area contributed by atoms with Gasteiger partial charge in [0.1, 0.15) is 4.99 Å². The number of nitrogens with two attached hydrogens (primary N) is 1. The summed E-state index contributed by atoms with van der Waals surface area (Å²) in [7, 11) is 0. The van der Waals surface area contributed by atoms with Crippen LogP contribution in [0.3, 0.4) is 0 Å². The number of amides is 1. The molecule has 25 heavy (non-hydrogen) atoms. The van der Waals surface area contributed by atoms with E-state index in [4.69, 9.17) is 18.0 Å². The Morgan fingerprint density at radius 3 is 2.32 bits per heavy atom. The maximum absolute atomic E-state index is 12.3. The number of benzene rings is 1. The van der Waals surface area contributed by atoms with Gasteiger partial charge in [0.2, 0.25) is 0 Å². The summed E-state index contributed by atoms with van der Waals surface area (Å²) in [6, 6.07) is 12.4. The van der Waals surface area contributed by atoms with Crippen LogP contribution in [0.5, 0.6) is 0 Å². The summed E-state index contributed by atoms with van der Waals surface area (Å²) in [5.74, 6) is 0.472. The van der Waals surface area contributed by atoms with E-state index in [-0.39, 0.29) is 5.91 Å². The Labute approximate surface area is 150 Å². The molecule has 126 valence electrons. The maximum atomic E-state index is 12.3. The van der Waals surface area contributed by atoms with Gasteiger partial charge in [-0.1, -0.05) is 24.4 Å². The molecule has 1 aromatic carbocycles. The molecular weight excluding hydrogens is 334 g/mol. The van der Waals surface area contributed by atoms with Crippen molar-refractivity contribution in [1.82, 2.24) is 14.8 Å². The fourth-order valence-electron chi connectivity index (χ4n) is 2.44. The van der Waals surface area contributed by atoms with E-state index in [9.17, 15) is 4.79 Å². The molecule has 1 amide bonds. The van der Waals surface area contributed by atoms with Crippen LogP contribution in [-0.2, 0) is 0 Å². The fraction of sp³-hybridized carbons (Fsp3) is 0.111. The molecule has 2 aromatic heterocycles. The highest BCUT2D eigenvalue weighted by molar-refractivity contribution is 7.80. The van der Waals surface area contributed by atoms with Gasteiger partial charge in [0.05, 0.1) is 17.6 Å². The van der Waals surface area contributed by atoms with Crippen LogP contribution in [0.1, 0.15) is 27.3 Å². The van der Waals surface area contributed by atoms with Gasteiger partial charge in [-0.3, -0.25) is 4.79 Å². The van der Waals surface area contributed by atoms with Crippen LogP contribution in [-0.4, -0.2) is 25.7 Å². The predicted molar refractivity (Wildman–Crippen MR) is 101 cm³/mol. The van der Waals surface area contributed by atoms with Crippen LogP contribution in [0.4, 0.5) is 5.69 Å². The van der Waals surface area contributed by atoms with E-state index in [1.807, 2.05) is 26.0 Å². The van der Waals surface area contributed by atoms with Gasteiger partial charge in [0.15, 0.2) is 5.82 Å². The first-order valence-corrected chi connectivity index (χ1v) is 8.06. The van der Waals surface area contributed by atoms with Crippen LogP contribution in [0.25, 0.3) is 5.82 Å². The quantitative estimate of drug-likeness (QED) is 0.706. The molecule has 7 heteroatoms. The summed E-state index contributed by atoms with van der Waals surface area (Å²) >= 11 is 4.90. The summed E-state index contributed by atoms with van der Waals surface area (Å²) in [5, 5.41) is 7.20. The molecule has 0 fully saturated rings. The molecule has 0 atom stereocenters. The largest absolute Gasteiger partial charge is 0.389 e. The van der Waals surface area contributed by atoms with Crippen molar-refractivity contribution in [2.45, 2.75) is 13.8 Å². The number of anilines is 1. The Hall–Kier alpha value is -3.06. The monoisotopic (exact) mass is 351 g/mol. The lowest BCUT2D eigenvalue weighted by Crippen LogP contribution is -2.14. The maximum Gasteiger partial charge on any atom is 0.255 e. The second-order valence-electron chi connectivity index (χ2n) is 5.64. The lowest BCUT2D eigenvalue weighted by Gasteiger charge is -2.07. The molecule has 0 aliphatic rings. The number of thiocarbonyl (C=S) groups is 1. The highest BCUT2D eigenvalue weighted by Crippen LogP contribution is 2.14. The molecular formula is C18H17N5OS. The fourth-order valence-corrected chi connectivity index (χ4v) is 2.57. The van der Waals surface area contributed by atoms with E-state index in [1.165, 1.54) is 0 Å². The second-order valence-corrected chi connectivity index (χ2v) is 6.08. The zero-order chi connectivity index (χ0) is 18.0. The van der Waals surface area contributed by atoms with Gasteiger partial charge >= 0.3 is 0 Å². The molecule has 2 heterocycles. The Bertz CT molecular complexity index is 929. The summed E-state index contributed by atoms with van der Waals surface area (Å²) in [6.45, 7) is 3.90. The number of carbonyl (C=O) groups excluding carboxylic acids is 1. The molecule has 6 nitrogen and oxygen atoms in total. The molecule has 0 aliphatic heterocycles. The number of hydrogen-bond donors (Lipinski definition) is 2. The molecule has 0 aliphatic carbocycles. The van der Waals surface area contributed by atoms with Crippen LogP contribution in [0, 0.1) is 13.8 Å². The summed E-state index contributed by atoms with van der Waals surface area (Å²) in [6.07, 6.45) is 1.60. The Balaban J connectivity index is 1.73. The normalized spacial score (nSPS) is 10.5. The highest BCUT2D eigenvalue weighted by Gasteiger charge is 2.09. The van der Waals surface area contributed by atoms with Gasteiger partial charge < -0.3 is 11.1 Å². The van der Waals surface area contributed by atoms with Crippen LogP contribution >= 0.6 is 12.2 Å². The molecule has 3 N–H and O–H groups in total. The topological polar surface area (TPSA) is 85.8 Å². The lowest BCUT2D eigenvalue weighted by atomic mass is 10.1.